The van der Waals surface area contributed by atoms with Gasteiger partial charge in [0, 0.05) is 6.20 Å². The molecular weight excluding hydrogens is 305 g/mol. The lowest BCUT2D eigenvalue weighted by Gasteiger charge is -2.11. The fourth-order valence-corrected chi connectivity index (χ4v) is 2.30. The van der Waals surface area contributed by atoms with Gasteiger partial charge in [0.15, 0.2) is 5.65 Å². The van der Waals surface area contributed by atoms with E-state index in [1.54, 1.807) is 12.1 Å². The Hall–Kier alpha value is -2.28. The molecule has 3 rings (SSSR count). The molecule has 0 amide bonds. The van der Waals surface area contributed by atoms with Gasteiger partial charge in [0.25, 0.3) is 0 Å². The Balaban J connectivity index is 2.22. The lowest BCUT2D eigenvalue weighted by Crippen LogP contribution is -2.07. The van der Waals surface area contributed by atoms with Crippen LogP contribution in [0.2, 0.25) is 5.02 Å². The van der Waals surface area contributed by atoms with Crippen molar-refractivity contribution in [2.75, 3.05) is 5.73 Å². The van der Waals surface area contributed by atoms with Crippen molar-refractivity contribution in [3.05, 3.63) is 47.1 Å². The Morgan fingerprint density at radius 1 is 1.19 bits per heavy atom. The molecule has 4 nitrogen and oxygen atoms in total. The number of aromatic nitrogens is 3. The molecule has 2 N–H and O–H groups in total. The summed E-state index contributed by atoms with van der Waals surface area (Å²) in [6.07, 6.45) is -2.92. The molecule has 0 spiro atoms. The summed E-state index contributed by atoms with van der Waals surface area (Å²) < 4.78 is 39.4. The number of imidazole rings is 1. The molecule has 1 aromatic carbocycles. The number of benzene rings is 1. The van der Waals surface area contributed by atoms with Crippen molar-refractivity contribution in [2.45, 2.75) is 6.18 Å². The molecule has 3 aromatic rings. The minimum Gasteiger partial charge on any atom is -0.369 e. The summed E-state index contributed by atoms with van der Waals surface area (Å²) in [6, 6.07) is 6.43. The van der Waals surface area contributed by atoms with Gasteiger partial charge in [-0.2, -0.15) is 13.2 Å². The third-order valence-corrected chi connectivity index (χ3v) is 3.26. The summed E-state index contributed by atoms with van der Waals surface area (Å²) in [6.45, 7) is 0. The van der Waals surface area contributed by atoms with Crippen molar-refractivity contribution in [1.29, 1.82) is 0 Å². The van der Waals surface area contributed by atoms with Crippen LogP contribution in [0.3, 0.4) is 0 Å². The van der Waals surface area contributed by atoms with Crippen molar-refractivity contribution in [2.24, 2.45) is 0 Å². The van der Waals surface area contributed by atoms with Crippen LogP contribution in [-0.2, 0) is 6.18 Å². The smallest absolute Gasteiger partial charge is 0.369 e. The first-order chi connectivity index (χ1) is 9.88. The van der Waals surface area contributed by atoms with E-state index in [0.717, 1.165) is 12.1 Å². The minimum absolute atomic E-state index is 0.0820. The highest BCUT2D eigenvalue weighted by atomic mass is 35.5. The van der Waals surface area contributed by atoms with E-state index in [0.29, 0.717) is 16.9 Å². The Kier molecular flexibility index (Phi) is 3.02. The van der Waals surface area contributed by atoms with E-state index in [-0.39, 0.29) is 11.0 Å². The molecule has 0 aliphatic rings. The fraction of sp³-hybridized carbons (Fsp3) is 0.0769. The first-order valence-corrected chi connectivity index (χ1v) is 6.22. The summed E-state index contributed by atoms with van der Waals surface area (Å²) in [5.41, 5.74) is 6.24. The van der Waals surface area contributed by atoms with Gasteiger partial charge < -0.3 is 5.73 Å². The number of halogens is 4. The highest BCUT2D eigenvalue weighted by Gasteiger charge is 2.31. The SMILES string of the molecule is Nc1nc2cccnc2n1-c1ccc(C(F)(F)F)cc1Cl. The number of pyridine rings is 1. The van der Waals surface area contributed by atoms with Gasteiger partial charge in [-0.25, -0.2) is 9.97 Å². The summed E-state index contributed by atoms with van der Waals surface area (Å²) >= 11 is 5.97. The van der Waals surface area contributed by atoms with Gasteiger partial charge in [-0.15, -0.1) is 0 Å². The minimum atomic E-state index is -4.46. The van der Waals surface area contributed by atoms with Crippen molar-refractivity contribution in [3.63, 3.8) is 0 Å². The van der Waals surface area contributed by atoms with Gasteiger partial charge in [-0.05, 0) is 30.3 Å². The molecule has 0 saturated carbocycles. The Morgan fingerprint density at radius 2 is 1.95 bits per heavy atom. The third-order valence-electron chi connectivity index (χ3n) is 2.96. The fourth-order valence-electron chi connectivity index (χ4n) is 2.03. The summed E-state index contributed by atoms with van der Waals surface area (Å²) in [5, 5.41) is -0.0820. The number of nitrogens with two attached hydrogens (primary N) is 1. The largest absolute Gasteiger partial charge is 0.416 e. The molecule has 0 aliphatic carbocycles. The van der Waals surface area contributed by atoms with Crippen LogP contribution in [0.1, 0.15) is 5.56 Å². The van der Waals surface area contributed by atoms with Crippen LogP contribution < -0.4 is 5.73 Å². The van der Waals surface area contributed by atoms with Crippen molar-refractivity contribution in [3.8, 4) is 5.69 Å². The number of hydrogen-bond donors (Lipinski definition) is 1. The Bertz CT molecular complexity index is 826. The maximum absolute atomic E-state index is 12.7. The van der Waals surface area contributed by atoms with E-state index in [4.69, 9.17) is 17.3 Å². The second-order valence-corrected chi connectivity index (χ2v) is 4.72. The highest BCUT2D eigenvalue weighted by molar-refractivity contribution is 6.32. The molecule has 0 aliphatic heterocycles. The van der Waals surface area contributed by atoms with Crippen molar-refractivity contribution >= 4 is 28.7 Å². The zero-order valence-electron chi connectivity index (χ0n) is 10.4. The van der Waals surface area contributed by atoms with Crippen LogP contribution in [-0.4, -0.2) is 14.5 Å². The van der Waals surface area contributed by atoms with E-state index in [1.807, 2.05) is 0 Å². The molecule has 0 radical (unpaired) electrons. The predicted octanol–water partition coefficient (Wildman–Crippen LogP) is 3.67. The molecule has 8 heteroatoms. The lowest BCUT2D eigenvalue weighted by molar-refractivity contribution is -0.137. The Morgan fingerprint density at radius 3 is 2.62 bits per heavy atom. The lowest BCUT2D eigenvalue weighted by atomic mass is 10.2. The number of fused-ring (bicyclic) bond motifs is 1. The summed E-state index contributed by atoms with van der Waals surface area (Å²) in [7, 11) is 0. The Labute approximate surface area is 122 Å². The number of nitrogens with zero attached hydrogens (tertiary/aromatic N) is 3. The second kappa shape index (κ2) is 4.63. The maximum Gasteiger partial charge on any atom is 0.416 e. The molecule has 21 heavy (non-hydrogen) atoms. The normalized spacial score (nSPS) is 12.0. The monoisotopic (exact) mass is 312 g/mol. The quantitative estimate of drug-likeness (QED) is 0.746. The number of hydrogen-bond acceptors (Lipinski definition) is 3. The molecule has 0 saturated heterocycles. The molecule has 2 heterocycles. The van der Waals surface area contributed by atoms with E-state index in [1.165, 1.54) is 16.8 Å². The number of alkyl halides is 3. The van der Waals surface area contributed by atoms with Crippen LogP contribution in [0.4, 0.5) is 19.1 Å². The highest BCUT2D eigenvalue weighted by Crippen LogP contribution is 2.34. The van der Waals surface area contributed by atoms with E-state index in [2.05, 4.69) is 9.97 Å². The van der Waals surface area contributed by atoms with Crippen LogP contribution >= 0.6 is 11.6 Å². The number of anilines is 1. The first kappa shape index (κ1) is 13.7. The van der Waals surface area contributed by atoms with Crippen LogP contribution in [0, 0.1) is 0 Å². The van der Waals surface area contributed by atoms with Crippen LogP contribution in [0.5, 0.6) is 0 Å². The van der Waals surface area contributed by atoms with Gasteiger partial charge in [-0.1, -0.05) is 11.6 Å². The van der Waals surface area contributed by atoms with E-state index >= 15 is 0 Å². The molecule has 2 aromatic heterocycles. The molecular formula is C13H8ClF3N4. The molecule has 0 unspecified atom stereocenters. The first-order valence-electron chi connectivity index (χ1n) is 5.84. The summed E-state index contributed by atoms with van der Waals surface area (Å²) in [4.78, 5) is 8.23. The van der Waals surface area contributed by atoms with Crippen LogP contribution in [0.25, 0.3) is 16.9 Å². The maximum atomic E-state index is 12.7. The van der Waals surface area contributed by atoms with E-state index in [9.17, 15) is 13.2 Å². The molecule has 0 atom stereocenters. The van der Waals surface area contributed by atoms with Gasteiger partial charge in [-0.3, -0.25) is 4.57 Å². The van der Waals surface area contributed by atoms with Gasteiger partial charge in [0.1, 0.15) is 5.52 Å². The van der Waals surface area contributed by atoms with Gasteiger partial charge in [0.05, 0.1) is 16.3 Å². The molecule has 0 bridgehead atoms. The van der Waals surface area contributed by atoms with Gasteiger partial charge in [0.2, 0.25) is 5.95 Å². The van der Waals surface area contributed by atoms with Crippen molar-refractivity contribution in [1.82, 2.24) is 14.5 Å². The average Bonchev–Trinajstić information content (AvgIpc) is 2.74. The molecule has 108 valence electrons. The standard InChI is InChI=1S/C13H8ClF3N4/c14-8-6-7(13(15,16)17)3-4-10(8)21-11-9(20-12(21)18)2-1-5-19-11/h1-6H,(H2,18,20). The van der Waals surface area contributed by atoms with Crippen LogP contribution in [0.15, 0.2) is 36.5 Å². The second-order valence-electron chi connectivity index (χ2n) is 4.32. The summed E-state index contributed by atoms with van der Waals surface area (Å²) in [5.74, 6) is 0.102. The number of rotatable bonds is 1. The third kappa shape index (κ3) is 2.29. The topological polar surface area (TPSA) is 56.7 Å². The van der Waals surface area contributed by atoms with E-state index < -0.39 is 11.7 Å². The van der Waals surface area contributed by atoms with Crippen molar-refractivity contribution < 1.29 is 13.2 Å². The zero-order valence-corrected chi connectivity index (χ0v) is 11.2. The van der Waals surface area contributed by atoms with Gasteiger partial charge >= 0.3 is 6.18 Å². The number of nitrogen functional groups attached to an aromatic ring is 1. The zero-order chi connectivity index (χ0) is 15.2. The predicted molar refractivity (Wildman–Crippen MR) is 73.3 cm³/mol. The average molecular weight is 313 g/mol. The molecule has 0 fully saturated rings.